The van der Waals surface area contributed by atoms with Crippen LogP contribution in [-0.4, -0.2) is 23.9 Å². The third kappa shape index (κ3) is 2.34. The van der Waals surface area contributed by atoms with Gasteiger partial charge in [-0.05, 0) is 40.8 Å². The number of amides is 1. The molecule has 0 aromatic heterocycles. The molecule has 0 saturated carbocycles. The minimum Gasteiger partial charge on any atom is -0.331 e. The Bertz CT molecular complexity index is 423. The minimum absolute atomic E-state index is 0.0401. The van der Waals surface area contributed by atoms with Crippen molar-refractivity contribution in [2.45, 2.75) is 0 Å². The summed E-state index contributed by atoms with van der Waals surface area (Å²) in [5.74, 6) is 0.0401. The molecule has 0 saturated heterocycles. The van der Waals surface area contributed by atoms with Crippen LogP contribution in [0.25, 0.3) is 0 Å². The van der Waals surface area contributed by atoms with Crippen LogP contribution in [0.1, 0.15) is 10.4 Å². The summed E-state index contributed by atoms with van der Waals surface area (Å²) >= 11 is 8.11. The molecule has 0 spiro atoms. The highest BCUT2D eigenvalue weighted by Crippen LogP contribution is 2.20. The molecule has 2 rings (SSSR count). The van der Waals surface area contributed by atoms with Crippen LogP contribution >= 0.6 is 34.2 Å². The molecule has 0 atom stereocenters. The number of rotatable bonds is 1. The van der Waals surface area contributed by atoms with Crippen LogP contribution in [0.4, 0.5) is 0 Å². The fourth-order valence-electron chi connectivity index (χ4n) is 1.46. The summed E-state index contributed by atoms with van der Waals surface area (Å²) in [6.07, 6.45) is 3.98. The average molecular weight is 334 g/mol. The van der Waals surface area contributed by atoms with Gasteiger partial charge in [-0.2, -0.15) is 0 Å². The summed E-state index contributed by atoms with van der Waals surface area (Å²) in [5.41, 5.74) is 0.657. The molecular formula is C11H9ClINO. The Morgan fingerprint density at radius 3 is 2.60 bits per heavy atom. The first-order chi connectivity index (χ1) is 7.18. The molecule has 0 N–H and O–H groups in total. The van der Waals surface area contributed by atoms with Crippen LogP contribution in [0.2, 0.25) is 5.02 Å². The van der Waals surface area contributed by atoms with E-state index in [0.29, 0.717) is 23.7 Å². The molecule has 1 amide bonds. The lowest BCUT2D eigenvalue weighted by Gasteiger charge is -2.15. The molecule has 1 aliphatic rings. The number of hydrogen-bond acceptors (Lipinski definition) is 1. The third-order valence-electron chi connectivity index (χ3n) is 2.27. The predicted octanol–water partition coefficient (Wildman–Crippen LogP) is 2.96. The molecule has 1 aromatic carbocycles. The van der Waals surface area contributed by atoms with Crippen molar-refractivity contribution < 1.29 is 4.79 Å². The molecule has 0 aliphatic carbocycles. The van der Waals surface area contributed by atoms with E-state index in [4.69, 9.17) is 11.6 Å². The van der Waals surface area contributed by atoms with Crippen molar-refractivity contribution in [2.24, 2.45) is 0 Å². The van der Waals surface area contributed by atoms with Gasteiger partial charge < -0.3 is 4.90 Å². The lowest BCUT2D eigenvalue weighted by molar-refractivity contribution is 0.0800. The monoisotopic (exact) mass is 333 g/mol. The first-order valence-electron chi connectivity index (χ1n) is 4.58. The summed E-state index contributed by atoms with van der Waals surface area (Å²) in [5, 5.41) is 0.633. The zero-order valence-electron chi connectivity index (χ0n) is 7.91. The maximum absolute atomic E-state index is 11.9. The zero-order chi connectivity index (χ0) is 10.8. The summed E-state index contributed by atoms with van der Waals surface area (Å²) in [6, 6.07) is 5.40. The Morgan fingerprint density at radius 1 is 1.33 bits per heavy atom. The van der Waals surface area contributed by atoms with E-state index in [2.05, 4.69) is 22.6 Å². The van der Waals surface area contributed by atoms with Crippen LogP contribution < -0.4 is 0 Å². The maximum Gasteiger partial charge on any atom is 0.254 e. The largest absolute Gasteiger partial charge is 0.331 e. The molecule has 15 heavy (non-hydrogen) atoms. The molecule has 1 heterocycles. The number of benzene rings is 1. The van der Waals surface area contributed by atoms with Crippen LogP contribution in [-0.2, 0) is 0 Å². The first-order valence-corrected chi connectivity index (χ1v) is 6.03. The molecule has 0 fully saturated rings. The molecular weight excluding hydrogens is 324 g/mol. The van der Waals surface area contributed by atoms with Crippen LogP contribution in [0.15, 0.2) is 30.4 Å². The van der Waals surface area contributed by atoms with Crippen LogP contribution in [0.3, 0.4) is 0 Å². The van der Waals surface area contributed by atoms with Crippen molar-refractivity contribution in [1.29, 1.82) is 0 Å². The topological polar surface area (TPSA) is 20.3 Å². The molecule has 78 valence electrons. The van der Waals surface area contributed by atoms with Gasteiger partial charge in [0.15, 0.2) is 0 Å². The molecule has 1 aliphatic heterocycles. The quantitative estimate of drug-likeness (QED) is 0.571. The summed E-state index contributed by atoms with van der Waals surface area (Å²) in [6.45, 7) is 1.39. The fraction of sp³-hybridized carbons (Fsp3) is 0.182. The van der Waals surface area contributed by atoms with Crippen molar-refractivity contribution >= 4 is 40.1 Å². The van der Waals surface area contributed by atoms with E-state index in [9.17, 15) is 4.79 Å². The fourth-order valence-corrected chi connectivity index (χ4v) is 1.97. The smallest absolute Gasteiger partial charge is 0.254 e. The standard InChI is InChI=1S/C11H9ClINO/c12-9-7-8(3-4-10(9)13)11(15)14-5-1-2-6-14/h1-4,7H,5-6H2. The van der Waals surface area contributed by atoms with Gasteiger partial charge >= 0.3 is 0 Å². The number of hydrogen-bond donors (Lipinski definition) is 0. The van der Waals surface area contributed by atoms with E-state index in [1.165, 1.54) is 0 Å². The Balaban J connectivity index is 2.22. The highest BCUT2D eigenvalue weighted by molar-refractivity contribution is 14.1. The molecule has 1 aromatic rings. The Hall–Kier alpha value is -0.550. The van der Waals surface area contributed by atoms with Gasteiger partial charge in [0.25, 0.3) is 5.91 Å². The normalized spacial score (nSPS) is 14.7. The molecule has 0 unspecified atom stereocenters. The van der Waals surface area contributed by atoms with Gasteiger partial charge in [-0.1, -0.05) is 23.8 Å². The van der Waals surface area contributed by atoms with E-state index >= 15 is 0 Å². The number of halogens is 2. The summed E-state index contributed by atoms with van der Waals surface area (Å²) in [7, 11) is 0. The molecule has 4 heteroatoms. The van der Waals surface area contributed by atoms with Crippen LogP contribution in [0, 0.1) is 3.57 Å². The summed E-state index contributed by atoms with van der Waals surface area (Å²) < 4.78 is 0.963. The van der Waals surface area contributed by atoms with Gasteiger partial charge in [-0.15, -0.1) is 0 Å². The van der Waals surface area contributed by atoms with E-state index in [1.54, 1.807) is 11.0 Å². The van der Waals surface area contributed by atoms with E-state index in [0.717, 1.165) is 3.57 Å². The second-order valence-electron chi connectivity index (χ2n) is 3.31. The highest BCUT2D eigenvalue weighted by Gasteiger charge is 2.16. The lowest BCUT2D eigenvalue weighted by Crippen LogP contribution is -2.28. The maximum atomic E-state index is 11.9. The second-order valence-corrected chi connectivity index (χ2v) is 4.88. The molecule has 2 nitrogen and oxygen atoms in total. The van der Waals surface area contributed by atoms with Crippen molar-refractivity contribution in [3.05, 3.63) is 44.5 Å². The van der Waals surface area contributed by atoms with Crippen LogP contribution in [0.5, 0.6) is 0 Å². The van der Waals surface area contributed by atoms with Gasteiger partial charge in [0.2, 0.25) is 0 Å². The predicted molar refractivity (Wildman–Crippen MR) is 69.2 cm³/mol. The second kappa shape index (κ2) is 4.53. The van der Waals surface area contributed by atoms with E-state index < -0.39 is 0 Å². The zero-order valence-corrected chi connectivity index (χ0v) is 10.8. The van der Waals surface area contributed by atoms with Crippen molar-refractivity contribution in [3.8, 4) is 0 Å². The molecule has 0 radical (unpaired) electrons. The van der Waals surface area contributed by atoms with Crippen molar-refractivity contribution in [3.63, 3.8) is 0 Å². The van der Waals surface area contributed by atoms with E-state index in [-0.39, 0.29) is 5.91 Å². The lowest BCUT2D eigenvalue weighted by atomic mass is 10.2. The van der Waals surface area contributed by atoms with Gasteiger partial charge in [0.05, 0.1) is 5.02 Å². The molecule has 0 bridgehead atoms. The Morgan fingerprint density at radius 2 is 2.00 bits per heavy atom. The minimum atomic E-state index is 0.0401. The van der Waals surface area contributed by atoms with Gasteiger partial charge in [0.1, 0.15) is 0 Å². The Labute approximate surface area is 107 Å². The summed E-state index contributed by atoms with van der Waals surface area (Å²) in [4.78, 5) is 13.7. The van der Waals surface area contributed by atoms with Crippen molar-refractivity contribution in [1.82, 2.24) is 4.90 Å². The number of nitrogens with zero attached hydrogens (tertiary/aromatic N) is 1. The SMILES string of the molecule is O=C(c1ccc(I)c(Cl)c1)N1CC=CC1. The van der Waals surface area contributed by atoms with Gasteiger partial charge in [0, 0.05) is 22.2 Å². The third-order valence-corrected chi connectivity index (χ3v) is 3.84. The van der Waals surface area contributed by atoms with Crippen molar-refractivity contribution in [2.75, 3.05) is 13.1 Å². The number of carbonyl (C=O) groups excluding carboxylic acids is 1. The Kier molecular flexibility index (Phi) is 3.31. The first kappa shape index (κ1) is 11.0. The van der Waals surface area contributed by atoms with Gasteiger partial charge in [-0.3, -0.25) is 4.79 Å². The average Bonchev–Trinajstić information content (AvgIpc) is 2.74. The highest BCUT2D eigenvalue weighted by atomic mass is 127. The number of carbonyl (C=O) groups is 1. The van der Waals surface area contributed by atoms with Gasteiger partial charge in [-0.25, -0.2) is 0 Å². The van der Waals surface area contributed by atoms with E-state index in [1.807, 2.05) is 24.3 Å².